The molecule has 2 aromatic carbocycles. The number of aryl methyl sites for hydroxylation is 4. The van der Waals surface area contributed by atoms with Crippen LogP contribution in [-0.2, 0) is 29.3 Å². The molecule has 478 valence electrons. The smallest absolute Gasteiger partial charge is 0.518 e. The van der Waals surface area contributed by atoms with E-state index in [-0.39, 0.29) is 16.5 Å². The minimum absolute atomic E-state index is 0. The summed E-state index contributed by atoms with van der Waals surface area (Å²) in [5, 5.41) is 0. The van der Waals surface area contributed by atoms with Gasteiger partial charge in [0.15, 0.2) is 0 Å². The first kappa shape index (κ1) is 82.4. The predicted molar refractivity (Wildman–Crippen MR) is 371 cm³/mol. The van der Waals surface area contributed by atoms with Crippen LogP contribution in [0.5, 0.6) is 0 Å². The monoisotopic (exact) mass is 1190 g/mol. The maximum Gasteiger partial charge on any atom is 2.00 e. The molecule has 0 saturated heterocycles. The van der Waals surface area contributed by atoms with Crippen molar-refractivity contribution in [1.82, 2.24) is 0 Å². The fourth-order valence-corrected chi connectivity index (χ4v) is 11.8. The molecule has 0 aliphatic heterocycles. The molecule has 0 spiro atoms. The van der Waals surface area contributed by atoms with Gasteiger partial charge in [0, 0.05) is 0 Å². The molecule has 0 atom stereocenters. The molecule has 0 unspecified atom stereocenters. The summed E-state index contributed by atoms with van der Waals surface area (Å²) in [6, 6.07) is 14.3. The summed E-state index contributed by atoms with van der Waals surface area (Å²) < 4.78 is 0. The summed E-state index contributed by atoms with van der Waals surface area (Å²) in [6.07, 6.45) is 73.3. The molecule has 83 heavy (non-hydrogen) atoms. The maximum absolute atomic E-state index is 9.75. The first-order valence-corrected chi connectivity index (χ1v) is 36.3. The number of rotatable bonds is 55. The van der Waals surface area contributed by atoms with Gasteiger partial charge in [-0.05, 0) is 98.6 Å². The largest absolute Gasteiger partial charge is 2.00 e. The van der Waals surface area contributed by atoms with Gasteiger partial charge in [-0.1, -0.05) is 372 Å². The van der Waals surface area contributed by atoms with Crippen LogP contribution >= 0.6 is 0 Å². The molecule has 2 aromatic rings. The zero-order chi connectivity index (χ0) is 60.0. The van der Waals surface area contributed by atoms with Gasteiger partial charge < -0.3 is 18.7 Å². The summed E-state index contributed by atoms with van der Waals surface area (Å²) in [5.74, 6) is 3.08. The fourth-order valence-electron chi connectivity index (χ4n) is 11.8. The Balaban J connectivity index is 0. The van der Waals surface area contributed by atoms with Crippen molar-refractivity contribution in [2.45, 2.75) is 389 Å². The van der Waals surface area contributed by atoms with E-state index in [1.165, 1.54) is 321 Å². The molecule has 0 radical (unpaired) electrons. The van der Waals surface area contributed by atoms with Crippen molar-refractivity contribution in [1.29, 1.82) is 0 Å². The van der Waals surface area contributed by atoms with Gasteiger partial charge >= 0.3 is 22.4 Å². The zero-order valence-corrected chi connectivity index (χ0v) is 57.7. The average molecular weight is 1190 g/mol. The van der Waals surface area contributed by atoms with E-state index in [1.807, 2.05) is 0 Å². The summed E-state index contributed by atoms with van der Waals surface area (Å²) in [4.78, 5) is 3.49. The van der Waals surface area contributed by atoms with Crippen molar-refractivity contribution < 1.29 is 21.3 Å². The molecule has 0 fully saturated rings. The molecule has 0 N–H and O–H groups in total. The molecule has 0 bridgehead atoms. The minimum Gasteiger partial charge on any atom is -0.518 e. The second kappa shape index (κ2) is 65.3. The summed E-state index contributed by atoms with van der Waals surface area (Å²) in [7, 11) is 0. The van der Waals surface area contributed by atoms with Crippen LogP contribution in [0.4, 0.5) is 0 Å². The van der Waals surface area contributed by atoms with Crippen LogP contribution in [0.1, 0.15) is 396 Å². The first-order valence-electron chi connectivity index (χ1n) is 36.3. The SMILES string of the molecule is CCCCCCCCC(=C=[N+]=[N-])C(CCCC)=C(c1cc(C)cc(C)c1)c1cc(CCCC)cc(CCCC)c1.[CH-]=CCCCCCCCCCCCCCCCCCCC.[CH-]=CCCCCCCCCCCCCCCCCCCC.[Ni+2]. The Hall–Kier alpha value is -2.69. The van der Waals surface area contributed by atoms with E-state index in [0.29, 0.717) is 0 Å². The standard InChI is InChI=1S/C38H56N2.2C21H41.Ni/c1-7-11-15-16-17-18-21-34(29-40-39)37(22-14-10-4)38(35-24-30(5)23-31(6)25-35)36-27-32(19-12-8-2)26-33(28-36)20-13-9-3;2*1-3-5-7-9-11-13-15-17-19-21-20-18-16-14-12-10-8-6-4-2;/h23-28H,7-22H2,1-6H3;2*1,3H,4-21H2,2H3;/q;2*-1;+2. The van der Waals surface area contributed by atoms with Crippen molar-refractivity contribution in [3.05, 3.63) is 112 Å². The quantitative estimate of drug-likeness (QED) is 0.0120. The molecule has 0 saturated carbocycles. The van der Waals surface area contributed by atoms with E-state index in [4.69, 9.17) is 13.2 Å². The van der Waals surface area contributed by atoms with Gasteiger partial charge in [0.25, 0.3) is 0 Å². The Bertz CT molecular complexity index is 1770. The molecule has 2 rings (SSSR count). The van der Waals surface area contributed by atoms with Gasteiger partial charge in [-0.3, -0.25) is 12.2 Å². The molecule has 0 amide bonds. The minimum atomic E-state index is 0. The maximum atomic E-state index is 9.75. The number of hydrogen-bond acceptors (Lipinski definition) is 0. The number of unbranched alkanes of at least 4 members (excludes halogenated alkanes) is 42. The van der Waals surface area contributed by atoms with Gasteiger partial charge in [-0.2, -0.15) is 0 Å². The van der Waals surface area contributed by atoms with E-state index < -0.39 is 0 Å². The van der Waals surface area contributed by atoms with E-state index in [2.05, 4.69) is 102 Å². The van der Waals surface area contributed by atoms with Gasteiger partial charge in [0.05, 0.1) is 5.57 Å². The second-order valence-corrected chi connectivity index (χ2v) is 25.1. The van der Waals surface area contributed by atoms with Gasteiger partial charge in [-0.25, -0.2) is 0 Å². The molecule has 0 heterocycles. The summed E-state index contributed by atoms with van der Waals surface area (Å²) in [5.41, 5.74) is 21.5. The molecular weight excluding hydrogens is 1050 g/mol. The van der Waals surface area contributed by atoms with Gasteiger partial charge in [-0.15, -0.1) is 4.79 Å². The van der Waals surface area contributed by atoms with Crippen LogP contribution in [0.25, 0.3) is 11.1 Å². The molecule has 0 aromatic heterocycles. The third-order valence-electron chi connectivity index (χ3n) is 16.8. The first-order chi connectivity index (χ1) is 40.3. The van der Waals surface area contributed by atoms with Crippen molar-refractivity contribution in [2.75, 3.05) is 0 Å². The fraction of sp³-hybridized carbons (Fsp3) is 0.750. The van der Waals surface area contributed by atoms with Crippen LogP contribution in [-0.4, -0.2) is 10.7 Å². The third-order valence-corrected chi connectivity index (χ3v) is 16.8. The summed E-state index contributed by atoms with van der Waals surface area (Å²) in [6.45, 7) is 28.8. The predicted octanol–water partition coefficient (Wildman–Crippen LogP) is 27.6. The van der Waals surface area contributed by atoms with Crippen molar-refractivity contribution >= 4 is 11.4 Å². The van der Waals surface area contributed by atoms with Crippen LogP contribution in [0.2, 0.25) is 0 Å². The number of hydrogen-bond donors (Lipinski definition) is 0. The Morgan fingerprint density at radius 3 is 0.952 bits per heavy atom. The topological polar surface area (TPSA) is 36.4 Å². The molecule has 2 nitrogen and oxygen atoms in total. The Labute approximate surface area is 530 Å². The van der Waals surface area contributed by atoms with E-state index in [1.54, 1.807) is 12.2 Å². The van der Waals surface area contributed by atoms with E-state index in [9.17, 15) is 5.53 Å². The van der Waals surface area contributed by atoms with Crippen LogP contribution in [0, 0.1) is 27.0 Å². The zero-order valence-electron chi connectivity index (χ0n) is 56.8. The third kappa shape index (κ3) is 51.1. The summed E-state index contributed by atoms with van der Waals surface area (Å²) >= 11 is 0. The average Bonchev–Trinajstić information content (AvgIpc) is 3.49. The van der Waals surface area contributed by atoms with E-state index >= 15 is 0 Å². The van der Waals surface area contributed by atoms with Gasteiger partial charge in [0.2, 0.25) is 0 Å². The Kier molecular flexibility index (Phi) is 64.8. The van der Waals surface area contributed by atoms with Crippen molar-refractivity contribution in [3.8, 4) is 0 Å². The molecular formula is C80H138N2Ni. The molecule has 0 aliphatic rings. The molecule has 3 heteroatoms. The van der Waals surface area contributed by atoms with Crippen molar-refractivity contribution in [3.63, 3.8) is 0 Å². The number of allylic oxidation sites excluding steroid dienone is 4. The number of nitrogens with zero attached hydrogens (tertiary/aromatic N) is 2. The molecule has 0 aliphatic carbocycles. The Morgan fingerprint density at radius 1 is 0.361 bits per heavy atom. The second-order valence-electron chi connectivity index (χ2n) is 25.1. The Morgan fingerprint density at radius 2 is 0.651 bits per heavy atom. The normalized spacial score (nSPS) is 11.1. The van der Waals surface area contributed by atoms with Gasteiger partial charge in [0.1, 0.15) is 0 Å². The van der Waals surface area contributed by atoms with Crippen LogP contribution in [0.15, 0.2) is 59.7 Å². The van der Waals surface area contributed by atoms with Crippen LogP contribution in [0.3, 0.4) is 0 Å². The van der Waals surface area contributed by atoms with Crippen molar-refractivity contribution in [2.24, 2.45) is 0 Å². The van der Waals surface area contributed by atoms with Crippen LogP contribution < -0.4 is 0 Å². The van der Waals surface area contributed by atoms with E-state index in [0.717, 1.165) is 63.4 Å². The number of benzene rings is 2.